The van der Waals surface area contributed by atoms with Crippen LogP contribution in [0.3, 0.4) is 0 Å². The van der Waals surface area contributed by atoms with Crippen molar-refractivity contribution in [2.45, 2.75) is 76.0 Å². The van der Waals surface area contributed by atoms with Crippen LogP contribution in [-0.4, -0.2) is 45.8 Å². The van der Waals surface area contributed by atoms with E-state index in [9.17, 15) is 0 Å². The van der Waals surface area contributed by atoms with Gasteiger partial charge in [-0.05, 0) is 50.7 Å². The number of imidazole rings is 1. The van der Waals surface area contributed by atoms with Crippen LogP contribution in [0.5, 0.6) is 11.5 Å². The van der Waals surface area contributed by atoms with Crippen LogP contribution < -0.4 is 25.8 Å². The molecule has 5 rings (SSSR count). The van der Waals surface area contributed by atoms with Crippen molar-refractivity contribution < 1.29 is 9.47 Å². The molecule has 0 atom stereocenters. The van der Waals surface area contributed by atoms with Crippen LogP contribution >= 0.6 is 0 Å². The van der Waals surface area contributed by atoms with Crippen LogP contribution in [0.15, 0.2) is 24.5 Å². The highest BCUT2D eigenvalue weighted by Crippen LogP contribution is 2.34. The number of aromatic nitrogens is 4. The summed E-state index contributed by atoms with van der Waals surface area (Å²) < 4.78 is 13.1. The zero-order chi connectivity index (χ0) is 23.5. The number of benzene rings is 1. The lowest BCUT2D eigenvalue weighted by Gasteiger charge is -2.27. The molecule has 1 aromatic carbocycles. The lowest BCUT2D eigenvalue weighted by atomic mass is 9.92. The van der Waals surface area contributed by atoms with Gasteiger partial charge in [0, 0.05) is 36.3 Å². The minimum absolute atomic E-state index is 0.307. The molecule has 0 spiro atoms. The Morgan fingerprint density at radius 2 is 1.82 bits per heavy atom. The lowest BCUT2D eigenvalue weighted by molar-refractivity contribution is 0.391. The summed E-state index contributed by atoms with van der Waals surface area (Å²) in [6.07, 6.45) is 10.9. The summed E-state index contributed by atoms with van der Waals surface area (Å²) in [7, 11) is 3.32. The number of rotatable bonds is 8. The first kappa shape index (κ1) is 22.7. The zero-order valence-electron chi connectivity index (χ0n) is 20.1. The highest BCUT2D eigenvalue weighted by Gasteiger charge is 2.24. The van der Waals surface area contributed by atoms with Crippen molar-refractivity contribution in [1.29, 1.82) is 0 Å². The molecule has 34 heavy (non-hydrogen) atoms. The summed E-state index contributed by atoms with van der Waals surface area (Å²) in [6, 6.07) is 6.93. The van der Waals surface area contributed by atoms with Gasteiger partial charge in [0.2, 0.25) is 5.95 Å². The van der Waals surface area contributed by atoms with Gasteiger partial charge in [0.05, 0.1) is 20.5 Å². The first-order valence-corrected chi connectivity index (χ1v) is 12.4. The molecular weight excluding hydrogens is 430 g/mol. The smallest absolute Gasteiger partial charge is 0.227 e. The van der Waals surface area contributed by atoms with E-state index in [2.05, 4.69) is 15.2 Å². The zero-order valence-corrected chi connectivity index (χ0v) is 20.1. The molecule has 2 aliphatic rings. The van der Waals surface area contributed by atoms with Crippen LogP contribution in [0.2, 0.25) is 0 Å². The van der Waals surface area contributed by atoms with Gasteiger partial charge in [-0.3, -0.25) is 0 Å². The first-order chi connectivity index (χ1) is 16.6. The molecule has 0 unspecified atom stereocenters. The van der Waals surface area contributed by atoms with Gasteiger partial charge < -0.3 is 30.4 Å². The Balaban J connectivity index is 1.44. The Bertz CT molecular complexity index is 1120. The van der Waals surface area contributed by atoms with Gasteiger partial charge >= 0.3 is 0 Å². The summed E-state index contributed by atoms with van der Waals surface area (Å²) in [5.41, 5.74) is 8.81. The van der Waals surface area contributed by atoms with Gasteiger partial charge in [-0.25, -0.2) is 4.98 Å². The van der Waals surface area contributed by atoms with E-state index in [1.54, 1.807) is 14.2 Å². The molecule has 9 nitrogen and oxygen atoms in total. The van der Waals surface area contributed by atoms with E-state index in [0.717, 1.165) is 59.7 Å². The fourth-order valence-corrected chi connectivity index (χ4v) is 5.18. The van der Waals surface area contributed by atoms with Gasteiger partial charge in [-0.1, -0.05) is 12.8 Å². The van der Waals surface area contributed by atoms with Gasteiger partial charge in [0.15, 0.2) is 17.0 Å². The van der Waals surface area contributed by atoms with Crippen molar-refractivity contribution in [2.75, 3.05) is 24.9 Å². The summed E-state index contributed by atoms with van der Waals surface area (Å²) >= 11 is 0. The molecule has 182 valence electrons. The van der Waals surface area contributed by atoms with E-state index in [4.69, 9.17) is 30.2 Å². The molecular formula is C25H35N7O2. The number of fused-ring (bicyclic) bond motifs is 1. The number of hydrogen-bond donors (Lipinski definition) is 3. The van der Waals surface area contributed by atoms with E-state index < -0.39 is 0 Å². The average Bonchev–Trinajstić information content (AvgIpc) is 3.54. The molecule has 9 heteroatoms. The highest BCUT2D eigenvalue weighted by atomic mass is 16.5. The fourth-order valence-electron chi connectivity index (χ4n) is 5.18. The summed E-state index contributed by atoms with van der Waals surface area (Å²) in [6.45, 7) is 0.549. The minimum atomic E-state index is 0.307. The van der Waals surface area contributed by atoms with Crippen LogP contribution in [0.1, 0.15) is 63.0 Å². The first-order valence-electron chi connectivity index (χ1n) is 12.4. The Morgan fingerprint density at radius 1 is 1.03 bits per heavy atom. The molecule has 0 radical (unpaired) electrons. The van der Waals surface area contributed by atoms with E-state index >= 15 is 0 Å². The molecule has 2 heterocycles. The number of anilines is 2. The van der Waals surface area contributed by atoms with E-state index in [-0.39, 0.29) is 0 Å². The Morgan fingerprint density at radius 3 is 2.56 bits per heavy atom. The number of nitrogens with one attached hydrogen (secondary N) is 2. The summed E-state index contributed by atoms with van der Waals surface area (Å²) in [4.78, 5) is 14.5. The number of nitrogens with zero attached hydrogens (tertiary/aromatic N) is 4. The van der Waals surface area contributed by atoms with Gasteiger partial charge in [0.25, 0.3) is 0 Å². The van der Waals surface area contributed by atoms with Crippen molar-refractivity contribution in [2.24, 2.45) is 5.73 Å². The molecule has 2 aliphatic carbocycles. The molecule has 3 aromatic rings. The molecule has 2 aromatic heterocycles. The summed E-state index contributed by atoms with van der Waals surface area (Å²) in [5.74, 6) is 2.91. The number of hydrogen-bond acceptors (Lipinski definition) is 8. The van der Waals surface area contributed by atoms with E-state index in [1.165, 1.54) is 25.7 Å². The van der Waals surface area contributed by atoms with Gasteiger partial charge in [0.1, 0.15) is 11.5 Å². The third kappa shape index (κ3) is 4.75. The molecule has 2 fully saturated rings. The van der Waals surface area contributed by atoms with Crippen LogP contribution in [0.4, 0.5) is 11.8 Å². The largest absolute Gasteiger partial charge is 0.497 e. The molecule has 4 N–H and O–H groups in total. The van der Waals surface area contributed by atoms with Crippen LogP contribution in [0, 0.1) is 0 Å². The predicted molar refractivity (Wildman–Crippen MR) is 134 cm³/mol. The van der Waals surface area contributed by atoms with Gasteiger partial charge in [-0.15, -0.1) is 0 Å². The molecule has 0 aliphatic heterocycles. The highest BCUT2D eigenvalue weighted by molar-refractivity contribution is 5.84. The van der Waals surface area contributed by atoms with Crippen molar-refractivity contribution >= 4 is 22.9 Å². The topological polar surface area (TPSA) is 112 Å². The van der Waals surface area contributed by atoms with Crippen LogP contribution in [-0.2, 0) is 6.54 Å². The Kier molecular flexibility index (Phi) is 6.71. The maximum Gasteiger partial charge on any atom is 0.227 e. The predicted octanol–water partition coefficient (Wildman–Crippen LogP) is 4.25. The van der Waals surface area contributed by atoms with Crippen molar-refractivity contribution in [3.8, 4) is 11.5 Å². The fraction of sp³-hybridized carbons (Fsp3) is 0.560. The van der Waals surface area contributed by atoms with Gasteiger partial charge in [-0.2, -0.15) is 9.97 Å². The standard InChI is InChI=1S/C25H35N7O2/c1-33-20-12-7-16(21(13-20)34-2)14-27-23-22-24(32(15-28-22)19-5-3-4-6-19)31-25(30-23)29-18-10-8-17(26)9-11-18/h7,12-13,15,17-19H,3-6,8-11,14,26H2,1-2H3,(H2,27,29,30,31). The Labute approximate surface area is 200 Å². The molecule has 0 saturated heterocycles. The minimum Gasteiger partial charge on any atom is -0.497 e. The normalized spacial score (nSPS) is 21.0. The third-order valence-electron chi connectivity index (χ3n) is 7.19. The van der Waals surface area contributed by atoms with Crippen LogP contribution in [0.25, 0.3) is 11.2 Å². The van der Waals surface area contributed by atoms with Crippen molar-refractivity contribution in [1.82, 2.24) is 19.5 Å². The maximum absolute atomic E-state index is 6.10. The monoisotopic (exact) mass is 465 g/mol. The molecule has 2 saturated carbocycles. The SMILES string of the molecule is COc1ccc(CNc2nc(NC3CCC(N)CC3)nc3c2ncn3C2CCCC2)c(OC)c1. The lowest BCUT2D eigenvalue weighted by Crippen LogP contribution is -2.33. The Hall–Kier alpha value is -3.07. The average molecular weight is 466 g/mol. The second kappa shape index (κ2) is 10.0. The summed E-state index contributed by atoms with van der Waals surface area (Å²) in [5, 5.41) is 7.07. The van der Waals surface area contributed by atoms with Crippen molar-refractivity contribution in [3.05, 3.63) is 30.1 Å². The van der Waals surface area contributed by atoms with Crippen molar-refractivity contribution in [3.63, 3.8) is 0 Å². The maximum atomic E-state index is 6.10. The molecule has 0 amide bonds. The number of methoxy groups -OCH3 is 2. The number of nitrogens with two attached hydrogens (primary N) is 1. The molecule has 0 bridgehead atoms. The third-order valence-corrected chi connectivity index (χ3v) is 7.19. The number of ether oxygens (including phenoxy) is 2. The second-order valence-electron chi connectivity index (χ2n) is 9.45. The van der Waals surface area contributed by atoms with E-state index in [0.29, 0.717) is 30.6 Å². The second-order valence-corrected chi connectivity index (χ2v) is 9.45. The quantitative estimate of drug-likeness (QED) is 0.453. The van der Waals surface area contributed by atoms with E-state index in [1.807, 2.05) is 24.5 Å².